The lowest BCUT2D eigenvalue weighted by molar-refractivity contribution is -0.226. The van der Waals surface area contributed by atoms with Gasteiger partial charge in [-0.1, -0.05) is 77.3 Å². The number of allylic oxidation sites excluding steroid dienone is 3. The van der Waals surface area contributed by atoms with Gasteiger partial charge in [-0.3, -0.25) is 9.59 Å². The van der Waals surface area contributed by atoms with E-state index >= 15 is 0 Å². The molecule has 8 atom stereocenters. The smallest absolute Gasteiger partial charge is 0.331 e. The Morgan fingerprint density at radius 1 is 1.12 bits per heavy atom. The molecule has 4 aliphatic carbocycles. The maximum atomic E-state index is 13.2. The summed E-state index contributed by atoms with van der Waals surface area (Å²) in [6.07, 6.45) is 14.4. The fourth-order valence-corrected chi connectivity index (χ4v) is 8.22. The lowest BCUT2D eigenvalue weighted by Gasteiger charge is -2.53. The first-order valence-corrected chi connectivity index (χ1v) is 14.9. The summed E-state index contributed by atoms with van der Waals surface area (Å²) in [5, 5.41) is 34.6. The number of carbonyl (C=O) groups excluding carboxylic acids is 3. The fourth-order valence-electron chi connectivity index (χ4n) is 8.22. The van der Waals surface area contributed by atoms with E-state index in [1.165, 1.54) is 25.8 Å². The van der Waals surface area contributed by atoms with Gasteiger partial charge in [-0.2, -0.15) is 0 Å². The molecule has 3 N–H and O–H groups in total. The monoisotopic (exact) mass is 570 g/mol. The van der Waals surface area contributed by atoms with Crippen LogP contribution in [-0.2, 0) is 23.9 Å². The summed E-state index contributed by atoms with van der Waals surface area (Å²) in [5.41, 5.74) is -4.89. The van der Waals surface area contributed by atoms with Crippen molar-refractivity contribution in [2.45, 2.75) is 103 Å². The third-order valence-corrected chi connectivity index (χ3v) is 10.2. The Morgan fingerprint density at radius 2 is 1.83 bits per heavy atom. The van der Waals surface area contributed by atoms with Crippen LogP contribution < -0.4 is 0 Å². The van der Waals surface area contributed by atoms with Crippen molar-refractivity contribution in [3.8, 4) is 0 Å². The first-order chi connectivity index (χ1) is 19.2. The highest BCUT2D eigenvalue weighted by Gasteiger charge is 2.87. The van der Waals surface area contributed by atoms with Crippen molar-refractivity contribution in [1.29, 1.82) is 0 Å². The standard InChI is InChI=1S/C33H46O8/c1-7-8-9-10-11-12-13-14-15-26(36)40-29-21(3)32(39)24(27-30(5,6)33(27,29)41-22(4)35)17-23(19-34)18-31(38)25(32)16-20(2)28(31)37/h12-17,21,24-25,27,29,34,38-39H,7-11,18-19H2,1-6H3/b13-12+,15-14+. The number of unbranched alkanes of at least 4 members (excludes halogenated alkanes) is 4. The summed E-state index contributed by atoms with van der Waals surface area (Å²) in [4.78, 5) is 38.8. The van der Waals surface area contributed by atoms with Crippen LogP contribution in [0.25, 0.3) is 0 Å². The van der Waals surface area contributed by atoms with Crippen LogP contribution in [0.4, 0.5) is 0 Å². The van der Waals surface area contributed by atoms with E-state index in [2.05, 4.69) is 6.92 Å². The molecule has 4 aliphatic rings. The summed E-state index contributed by atoms with van der Waals surface area (Å²) in [5.74, 6) is -4.73. The summed E-state index contributed by atoms with van der Waals surface area (Å²) in [6, 6.07) is 0. The molecular weight excluding hydrogens is 524 g/mol. The van der Waals surface area contributed by atoms with Gasteiger partial charge in [0.05, 0.1) is 12.2 Å². The second kappa shape index (κ2) is 11.3. The molecule has 0 spiro atoms. The van der Waals surface area contributed by atoms with E-state index in [1.807, 2.05) is 19.9 Å². The highest BCUT2D eigenvalue weighted by atomic mass is 16.6. The molecule has 0 heterocycles. The minimum atomic E-state index is -1.95. The van der Waals surface area contributed by atoms with Crippen LogP contribution in [0, 0.1) is 29.1 Å². The summed E-state index contributed by atoms with van der Waals surface area (Å²) in [7, 11) is 0. The molecule has 8 unspecified atom stereocenters. The van der Waals surface area contributed by atoms with Gasteiger partial charge < -0.3 is 24.8 Å². The molecule has 0 radical (unpaired) electrons. The molecule has 2 fully saturated rings. The van der Waals surface area contributed by atoms with Crippen LogP contribution in [0.2, 0.25) is 0 Å². The quantitative estimate of drug-likeness (QED) is 0.118. The van der Waals surface area contributed by atoms with E-state index < -0.39 is 76.3 Å². The second-order valence-electron chi connectivity index (χ2n) is 13.0. The zero-order chi connectivity index (χ0) is 30.4. The average Bonchev–Trinajstić information content (AvgIpc) is 3.33. The van der Waals surface area contributed by atoms with Crippen molar-refractivity contribution in [3.05, 3.63) is 47.6 Å². The highest BCUT2D eigenvalue weighted by Crippen LogP contribution is 2.77. The van der Waals surface area contributed by atoms with Gasteiger partial charge >= 0.3 is 11.9 Å². The van der Waals surface area contributed by atoms with E-state index in [1.54, 1.807) is 38.2 Å². The number of Topliss-reactive ketones (excluding diaryl/α,β-unsaturated/α-hetero) is 1. The SMILES string of the molecule is CCCCCC/C=C/C=C/C(=O)OC1C(C)C2(O)C(C=C(CO)CC3(O)C(=O)C(C)=CC32)C2C(C)(C)C12OC(C)=O. The molecule has 0 aromatic carbocycles. The van der Waals surface area contributed by atoms with Gasteiger partial charge in [0.25, 0.3) is 0 Å². The first kappa shape index (κ1) is 31.4. The van der Waals surface area contributed by atoms with Gasteiger partial charge in [0, 0.05) is 48.5 Å². The Balaban J connectivity index is 1.71. The molecule has 2 saturated carbocycles. The van der Waals surface area contributed by atoms with Crippen molar-refractivity contribution >= 4 is 17.7 Å². The number of ether oxygens (including phenoxy) is 2. The summed E-state index contributed by atoms with van der Waals surface area (Å²) >= 11 is 0. The zero-order valence-corrected chi connectivity index (χ0v) is 25.2. The van der Waals surface area contributed by atoms with E-state index in [0.29, 0.717) is 11.1 Å². The number of hydrogen-bond acceptors (Lipinski definition) is 8. The second-order valence-corrected chi connectivity index (χ2v) is 13.0. The number of hydrogen-bond donors (Lipinski definition) is 3. The minimum Gasteiger partial charge on any atom is -0.455 e. The number of esters is 2. The Morgan fingerprint density at radius 3 is 2.46 bits per heavy atom. The number of carbonyl (C=O) groups is 3. The highest BCUT2D eigenvalue weighted by molar-refractivity contribution is 6.04. The topological polar surface area (TPSA) is 130 Å². The molecule has 0 amide bonds. The Hall–Kier alpha value is -2.55. The van der Waals surface area contributed by atoms with Crippen LogP contribution in [0.3, 0.4) is 0 Å². The number of aliphatic hydroxyl groups is 3. The molecule has 0 saturated heterocycles. The first-order valence-electron chi connectivity index (χ1n) is 14.9. The Kier molecular flexibility index (Phi) is 8.63. The van der Waals surface area contributed by atoms with Crippen molar-refractivity contribution in [2.75, 3.05) is 6.61 Å². The molecule has 8 nitrogen and oxygen atoms in total. The molecule has 8 heteroatoms. The molecule has 0 aromatic rings. The summed E-state index contributed by atoms with van der Waals surface area (Å²) in [6.45, 7) is 10.2. The van der Waals surface area contributed by atoms with Crippen molar-refractivity contribution < 1.29 is 39.2 Å². The molecule has 4 rings (SSSR count). The van der Waals surface area contributed by atoms with Crippen LogP contribution >= 0.6 is 0 Å². The number of ketones is 1. The minimum absolute atomic E-state index is 0.127. The van der Waals surface area contributed by atoms with Gasteiger partial charge in [-0.05, 0) is 30.9 Å². The number of aliphatic hydroxyl groups excluding tert-OH is 1. The predicted molar refractivity (Wildman–Crippen MR) is 153 cm³/mol. The molecule has 41 heavy (non-hydrogen) atoms. The van der Waals surface area contributed by atoms with Gasteiger partial charge in [0.1, 0.15) is 11.7 Å². The fraction of sp³-hybridized carbons (Fsp3) is 0.667. The van der Waals surface area contributed by atoms with Gasteiger partial charge in [0.15, 0.2) is 11.4 Å². The van der Waals surface area contributed by atoms with Crippen LogP contribution in [0.15, 0.2) is 47.6 Å². The molecule has 0 aromatic heterocycles. The van der Waals surface area contributed by atoms with Crippen molar-refractivity contribution in [1.82, 2.24) is 0 Å². The van der Waals surface area contributed by atoms with Crippen molar-refractivity contribution in [2.24, 2.45) is 29.1 Å². The van der Waals surface area contributed by atoms with Gasteiger partial charge in [-0.25, -0.2) is 4.79 Å². The maximum absolute atomic E-state index is 13.2. The van der Waals surface area contributed by atoms with Gasteiger partial charge in [0.2, 0.25) is 0 Å². The number of fused-ring (bicyclic) bond motifs is 5. The largest absolute Gasteiger partial charge is 0.455 e. The van der Waals surface area contributed by atoms with E-state index in [4.69, 9.17) is 9.47 Å². The van der Waals surface area contributed by atoms with E-state index in [9.17, 15) is 29.7 Å². The molecule has 226 valence electrons. The Bertz CT molecular complexity index is 1190. The summed E-state index contributed by atoms with van der Waals surface area (Å²) < 4.78 is 12.1. The van der Waals surface area contributed by atoms with E-state index in [-0.39, 0.29) is 6.42 Å². The average molecular weight is 571 g/mol. The van der Waals surface area contributed by atoms with E-state index in [0.717, 1.165) is 19.3 Å². The third-order valence-electron chi connectivity index (χ3n) is 10.2. The predicted octanol–water partition coefficient (Wildman–Crippen LogP) is 4.13. The maximum Gasteiger partial charge on any atom is 0.331 e. The molecular formula is C33H46O8. The van der Waals surface area contributed by atoms with Crippen molar-refractivity contribution in [3.63, 3.8) is 0 Å². The number of rotatable bonds is 10. The Labute approximate surface area is 243 Å². The normalized spacial score (nSPS) is 39.0. The van der Waals surface area contributed by atoms with Crippen LogP contribution in [0.5, 0.6) is 0 Å². The van der Waals surface area contributed by atoms with Gasteiger partial charge in [-0.15, -0.1) is 0 Å². The molecule has 0 bridgehead atoms. The zero-order valence-electron chi connectivity index (χ0n) is 25.2. The lowest BCUT2D eigenvalue weighted by Crippen LogP contribution is -2.66. The van der Waals surface area contributed by atoms with Crippen LogP contribution in [0.1, 0.15) is 80.1 Å². The lowest BCUT2D eigenvalue weighted by atomic mass is 9.59. The molecule has 0 aliphatic heterocycles. The third kappa shape index (κ3) is 4.86. The van der Waals surface area contributed by atoms with Crippen LogP contribution in [-0.4, -0.2) is 62.6 Å².